The van der Waals surface area contributed by atoms with E-state index in [4.69, 9.17) is 4.74 Å². The highest BCUT2D eigenvalue weighted by atomic mass is 32.2. The third kappa shape index (κ3) is 6.16. The van der Waals surface area contributed by atoms with E-state index in [0.29, 0.717) is 13.0 Å². The number of ether oxygens (including phenoxy) is 1. The summed E-state index contributed by atoms with van der Waals surface area (Å²) in [6.07, 6.45) is 0.449. The van der Waals surface area contributed by atoms with Gasteiger partial charge in [0.15, 0.2) is 0 Å². The van der Waals surface area contributed by atoms with Crippen molar-refractivity contribution in [2.75, 3.05) is 33.5 Å². The molecule has 0 saturated carbocycles. The lowest BCUT2D eigenvalue weighted by Crippen LogP contribution is -2.36. The highest BCUT2D eigenvalue weighted by Gasteiger charge is 2.18. The van der Waals surface area contributed by atoms with E-state index in [0.717, 1.165) is 16.9 Å². The lowest BCUT2D eigenvalue weighted by atomic mass is 10.1. The van der Waals surface area contributed by atoms with Crippen LogP contribution in [0.25, 0.3) is 0 Å². The molecule has 0 radical (unpaired) electrons. The predicted octanol–water partition coefficient (Wildman–Crippen LogP) is 2.46. The number of aryl methyl sites for hydroxylation is 1. The molecule has 0 fully saturated rings. The van der Waals surface area contributed by atoms with Gasteiger partial charge in [-0.25, -0.2) is 13.1 Å². The smallest absolute Gasteiger partial charge is 0.211 e. The summed E-state index contributed by atoms with van der Waals surface area (Å²) >= 11 is 0. The average molecular weight is 362 g/mol. The third-order valence-corrected chi connectivity index (χ3v) is 5.45. The minimum absolute atomic E-state index is 0.00667. The molecule has 0 aromatic heterocycles. The second kappa shape index (κ2) is 8.99. The number of likely N-dealkylation sites (N-methyl/N-ethyl adjacent to an activating group) is 1. The summed E-state index contributed by atoms with van der Waals surface area (Å²) in [4.78, 5) is 2.01. The molecule has 0 spiro atoms. The molecule has 0 aliphatic carbocycles. The molecule has 2 aromatic carbocycles. The molecule has 0 aliphatic heterocycles. The molecule has 1 N–H and O–H groups in total. The van der Waals surface area contributed by atoms with Crippen molar-refractivity contribution in [3.8, 4) is 5.75 Å². The Kier molecular flexibility index (Phi) is 6.99. The second-order valence-corrected chi connectivity index (χ2v) is 8.09. The standard InChI is InChI=1S/C19H26N2O3S/c1-21(2)19(17-9-5-4-6-10-17)15-20-25(22,23)13-12-16-8-7-11-18(14-16)24-3/h4-11,14,19-20H,12-13,15H2,1-3H3. The number of hydrogen-bond acceptors (Lipinski definition) is 4. The third-order valence-electron chi connectivity index (χ3n) is 4.10. The SMILES string of the molecule is COc1cccc(CCS(=O)(=O)NCC(c2ccccc2)N(C)C)c1. The topological polar surface area (TPSA) is 58.6 Å². The molecule has 0 aliphatic rings. The lowest BCUT2D eigenvalue weighted by Gasteiger charge is -2.25. The summed E-state index contributed by atoms with van der Waals surface area (Å²) in [5.74, 6) is 0.786. The molecule has 25 heavy (non-hydrogen) atoms. The van der Waals surface area contributed by atoms with E-state index in [1.807, 2.05) is 73.6 Å². The number of hydrogen-bond donors (Lipinski definition) is 1. The fourth-order valence-electron chi connectivity index (χ4n) is 2.63. The molecular formula is C19H26N2O3S. The van der Waals surface area contributed by atoms with Crippen LogP contribution >= 0.6 is 0 Å². The van der Waals surface area contributed by atoms with Gasteiger partial charge in [0.1, 0.15) is 5.75 Å². The van der Waals surface area contributed by atoms with Crippen LogP contribution < -0.4 is 9.46 Å². The van der Waals surface area contributed by atoms with Crippen LogP contribution in [0.4, 0.5) is 0 Å². The Morgan fingerprint density at radius 1 is 1.08 bits per heavy atom. The van der Waals surface area contributed by atoms with Crippen molar-refractivity contribution >= 4 is 10.0 Å². The molecule has 0 amide bonds. The first-order valence-electron chi connectivity index (χ1n) is 8.23. The molecule has 136 valence electrons. The first kappa shape index (κ1) is 19.4. The van der Waals surface area contributed by atoms with Crippen LogP contribution in [-0.4, -0.2) is 46.8 Å². The van der Waals surface area contributed by atoms with E-state index < -0.39 is 10.0 Å². The second-order valence-electron chi connectivity index (χ2n) is 6.16. The zero-order valence-electron chi connectivity index (χ0n) is 15.0. The monoisotopic (exact) mass is 362 g/mol. The zero-order chi connectivity index (χ0) is 18.3. The van der Waals surface area contributed by atoms with Gasteiger partial charge in [-0.15, -0.1) is 0 Å². The number of nitrogens with one attached hydrogen (secondary N) is 1. The van der Waals surface area contributed by atoms with Gasteiger partial charge in [-0.3, -0.25) is 0 Å². The number of methoxy groups -OCH3 is 1. The van der Waals surface area contributed by atoms with Gasteiger partial charge in [0.2, 0.25) is 10.0 Å². The first-order chi connectivity index (χ1) is 11.9. The Hall–Kier alpha value is -1.89. The number of nitrogens with zero attached hydrogens (tertiary/aromatic N) is 1. The lowest BCUT2D eigenvalue weighted by molar-refractivity contribution is 0.299. The van der Waals surface area contributed by atoms with Crippen molar-refractivity contribution in [3.05, 3.63) is 65.7 Å². The fraction of sp³-hybridized carbons (Fsp3) is 0.368. The van der Waals surface area contributed by atoms with Crippen LogP contribution in [0.5, 0.6) is 5.75 Å². The van der Waals surface area contributed by atoms with Crippen molar-refractivity contribution in [1.82, 2.24) is 9.62 Å². The van der Waals surface area contributed by atoms with Gasteiger partial charge in [0, 0.05) is 12.6 Å². The van der Waals surface area contributed by atoms with Gasteiger partial charge in [0.05, 0.1) is 12.9 Å². The molecule has 0 saturated heterocycles. The summed E-state index contributed by atoms with van der Waals surface area (Å²) < 4.78 is 32.6. The summed E-state index contributed by atoms with van der Waals surface area (Å²) in [7, 11) is 2.14. The molecule has 5 nitrogen and oxygen atoms in total. The summed E-state index contributed by atoms with van der Waals surface area (Å²) in [6.45, 7) is 0.345. The van der Waals surface area contributed by atoms with Crippen LogP contribution in [0.3, 0.4) is 0 Å². The minimum Gasteiger partial charge on any atom is -0.497 e. The summed E-state index contributed by atoms with van der Waals surface area (Å²) in [5, 5.41) is 0. The Bertz CT molecular complexity index is 761. The Labute approximate surface area is 150 Å². The summed E-state index contributed by atoms with van der Waals surface area (Å²) in [6, 6.07) is 17.4. The van der Waals surface area contributed by atoms with Crippen LogP contribution in [0, 0.1) is 0 Å². The van der Waals surface area contributed by atoms with Gasteiger partial charge in [-0.1, -0.05) is 42.5 Å². The van der Waals surface area contributed by atoms with E-state index in [9.17, 15) is 8.42 Å². The van der Waals surface area contributed by atoms with Gasteiger partial charge in [-0.05, 0) is 43.8 Å². The quantitative estimate of drug-likeness (QED) is 0.744. The largest absolute Gasteiger partial charge is 0.497 e. The highest BCUT2D eigenvalue weighted by molar-refractivity contribution is 7.89. The molecule has 0 bridgehead atoms. The van der Waals surface area contributed by atoms with Crippen molar-refractivity contribution in [2.24, 2.45) is 0 Å². The van der Waals surface area contributed by atoms with Crippen LogP contribution in [0.15, 0.2) is 54.6 Å². The maximum absolute atomic E-state index is 12.4. The predicted molar refractivity (Wildman–Crippen MR) is 101 cm³/mol. The summed E-state index contributed by atoms with van der Waals surface area (Å²) in [5.41, 5.74) is 2.03. The van der Waals surface area contributed by atoms with Crippen molar-refractivity contribution in [3.63, 3.8) is 0 Å². The molecule has 2 rings (SSSR count). The van der Waals surface area contributed by atoms with Crippen molar-refractivity contribution in [2.45, 2.75) is 12.5 Å². The zero-order valence-corrected chi connectivity index (χ0v) is 15.8. The van der Waals surface area contributed by atoms with E-state index in [2.05, 4.69) is 4.72 Å². The van der Waals surface area contributed by atoms with Crippen LogP contribution in [0.2, 0.25) is 0 Å². The van der Waals surface area contributed by atoms with Crippen molar-refractivity contribution in [1.29, 1.82) is 0 Å². The van der Waals surface area contributed by atoms with E-state index in [1.165, 1.54) is 0 Å². The van der Waals surface area contributed by atoms with Gasteiger partial charge in [0.25, 0.3) is 0 Å². The van der Waals surface area contributed by atoms with E-state index in [1.54, 1.807) is 7.11 Å². The first-order valence-corrected chi connectivity index (χ1v) is 9.88. The maximum atomic E-state index is 12.4. The number of sulfonamides is 1. The maximum Gasteiger partial charge on any atom is 0.211 e. The normalized spacial score (nSPS) is 13.0. The van der Waals surface area contributed by atoms with Gasteiger partial charge < -0.3 is 9.64 Å². The van der Waals surface area contributed by atoms with Crippen LogP contribution in [-0.2, 0) is 16.4 Å². The Morgan fingerprint density at radius 2 is 1.80 bits per heavy atom. The highest BCUT2D eigenvalue weighted by Crippen LogP contribution is 2.17. The number of benzene rings is 2. The molecule has 2 aromatic rings. The van der Waals surface area contributed by atoms with Gasteiger partial charge >= 0.3 is 0 Å². The molecular weight excluding hydrogens is 336 g/mol. The fourth-order valence-corrected chi connectivity index (χ4v) is 3.69. The molecule has 1 atom stereocenters. The molecule has 6 heteroatoms. The van der Waals surface area contributed by atoms with Crippen LogP contribution in [0.1, 0.15) is 17.2 Å². The number of rotatable bonds is 9. The van der Waals surface area contributed by atoms with Crippen molar-refractivity contribution < 1.29 is 13.2 Å². The molecule has 0 heterocycles. The van der Waals surface area contributed by atoms with Gasteiger partial charge in [-0.2, -0.15) is 0 Å². The Morgan fingerprint density at radius 3 is 2.44 bits per heavy atom. The Balaban J connectivity index is 1.95. The minimum atomic E-state index is -3.35. The molecule has 1 unspecified atom stereocenters. The van der Waals surface area contributed by atoms with E-state index >= 15 is 0 Å². The average Bonchev–Trinajstić information content (AvgIpc) is 2.61. The van der Waals surface area contributed by atoms with E-state index in [-0.39, 0.29) is 11.8 Å².